The second kappa shape index (κ2) is 4.28. The van der Waals surface area contributed by atoms with Crippen LogP contribution < -0.4 is 5.73 Å². The van der Waals surface area contributed by atoms with Crippen molar-refractivity contribution in [2.24, 2.45) is 11.7 Å². The number of carbonyl (C=O) groups excluding carboxylic acids is 2. The Morgan fingerprint density at radius 2 is 1.94 bits per heavy atom. The molecule has 1 saturated heterocycles. The molecule has 92 valence electrons. The maximum absolute atomic E-state index is 12.4. The standard InChI is InChI=1S/C8H11F3N2O3/c1-16-7(15)6(14)13-2-4(5(12)3-13)8(9,10)11/h4-5H,2-3,12H2,1H3/t4-,5-/m1/s1. The minimum atomic E-state index is -4.47. The Morgan fingerprint density at radius 1 is 1.38 bits per heavy atom. The maximum Gasteiger partial charge on any atom is 0.396 e. The van der Waals surface area contributed by atoms with Crippen LogP contribution in [0, 0.1) is 5.92 Å². The monoisotopic (exact) mass is 240 g/mol. The van der Waals surface area contributed by atoms with Gasteiger partial charge in [-0.15, -0.1) is 0 Å². The molecule has 2 atom stereocenters. The Bertz CT molecular complexity index is 305. The zero-order valence-corrected chi connectivity index (χ0v) is 8.45. The van der Waals surface area contributed by atoms with Crippen molar-refractivity contribution in [3.05, 3.63) is 0 Å². The van der Waals surface area contributed by atoms with Crippen LogP contribution in [0.1, 0.15) is 0 Å². The van der Waals surface area contributed by atoms with Crippen molar-refractivity contribution >= 4 is 11.9 Å². The van der Waals surface area contributed by atoms with Gasteiger partial charge in [-0.1, -0.05) is 0 Å². The fourth-order valence-corrected chi connectivity index (χ4v) is 1.56. The van der Waals surface area contributed by atoms with Crippen molar-refractivity contribution < 1.29 is 27.5 Å². The van der Waals surface area contributed by atoms with E-state index in [4.69, 9.17) is 5.73 Å². The summed E-state index contributed by atoms with van der Waals surface area (Å²) in [4.78, 5) is 22.8. The number of hydrogen-bond acceptors (Lipinski definition) is 4. The molecule has 0 aromatic carbocycles. The highest BCUT2D eigenvalue weighted by molar-refractivity contribution is 6.32. The maximum atomic E-state index is 12.4. The predicted molar refractivity (Wildman–Crippen MR) is 46.1 cm³/mol. The molecule has 1 amide bonds. The number of hydrogen-bond donors (Lipinski definition) is 1. The van der Waals surface area contributed by atoms with E-state index in [1.54, 1.807) is 0 Å². The number of ether oxygens (including phenoxy) is 1. The highest BCUT2D eigenvalue weighted by atomic mass is 19.4. The first-order valence-corrected chi connectivity index (χ1v) is 4.47. The lowest BCUT2D eigenvalue weighted by Crippen LogP contribution is -2.38. The van der Waals surface area contributed by atoms with Gasteiger partial charge >= 0.3 is 18.1 Å². The van der Waals surface area contributed by atoms with Gasteiger partial charge in [-0.3, -0.25) is 4.79 Å². The van der Waals surface area contributed by atoms with E-state index in [0.717, 1.165) is 12.0 Å². The third-order valence-corrected chi connectivity index (χ3v) is 2.43. The fourth-order valence-electron chi connectivity index (χ4n) is 1.56. The van der Waals surface area contributed by atoms with Gasteiger partial charge in [0.1, 0.15) is 0 Å². The summed E-state index contributed by atoms with van der Waals surface area (Å²) in [7, 11) is 0.984. The van der Waals surface area contributed by atoms with E-state index in [2.05, 4.69) is 4.74 Å². The van der Waals surface area contributed by atoms with E-state index in [1.165, 1.54) is 0 Å². The lowest BCUT2D eigenvalue weighted by molar-refractivity contribution is -0.175. The number of likely N-dealkylation sites (tertiary alicyclic amines) is 1. The van der Waals surface area contributed by atoms with Crippen LogP contribution in [0.5, 0.6) is 0 Å². The van der Waals surface area contributed by atoms with Crippen molar-refractivity contribution in [3.63, 3.8) is 0 Å². The smallest absolute Gasteiger partial charge is 0.396 e. The molecule has 1 heterocycles. The summed E-state index contributed by atoms with van der Waals surface area (Å²) in [6.07, 6.45) is -4.47. The molecule has 5 nitrogen and oxygen atoms in total. The minimum absolute atomic E-state index is 0.294. The number of nitrogens with two attached hydrogens (primary N) is 1. The van der Waals surface area contributed by atoms with Gasteiger partial charge in [0.05, 0.1) is 13.0 Å². The number of methoxy groups -OCH3 is 1. The summed E-state index contributed by atoms with van der Waals surface area (Å²) in [5.41, 5.74) is 5.27. The van der Waals surface area contributed by atoms with E-state index >= 15 is 0 Å². The van der Waals surface area contributed by atoms with Crippen LogP contribution in [-0.2, 0) is 14.3 Å². The molecule has 1 fully saturated rings. The highest BCUT2D eigenvalue weighted by Gasteiger charge is 2.50. The van der Waals surface area contributed by atoms with Gasteiger partial charge in [0.25, 0.3) is 0 Å². The molecule has 0 aromatic rings. The molecule has 0 bridgehead atoms. The average Bonchev–Trinajstić information content (AvgIpc) is 2.57. The predicted octanol–water partition coefficient (Wildman–Crippen LogP) is -0.493. The Balaban J connectivity index is 2.70. The summed E-state index contributed by atoms with van der Waals surface area (Å²) >= 11 is 0. The van der Waals surface area contributed by atoms with Crippen LogP contribution in [0.3, 0.4) is 0 Å². The second-order valence-corrected chi connectivity index (χ2v) is 3.51. The zero-order chi connectivity index (χ0) is 12.5. The van der Waals surface area contributed by atoms with Crippen LogP contribution >= 0.6 is 0 Å². The molecule has 2 N–H and O–H groups in total. The lowest BCUT2D eigenvalue weighted by Gasteiger charge is -2.17. The van der Waals surface area contributed by atoms with E-state index in [1.807, 2.05) is 0 Å². The van der Waals surface area contributed by atoms with E-state index in [9.17, 15) is 22.8 Å². The third kappa shape index (κ3) is 2.43. The Hall–Kier alpha value is -1.31. The molecular formula is C8H11F3N2O3. The molecule has 1 aliphatic heterocycles. The van der Waals surface area contributed by atoms with Gasteiger partial charge in [-0.05, 0) is 0 Å². The first-order chi connectivity index (χ1) is 7.27. The van der Waals surface area contributed by atoms with Gasteiger partial charge in [0, 0.05) is 19.1 Å². The molecule has 1 rings (SSSR count). The molecule has 0 radical (unpaired) electrons. The third-order valence-electron chi connectivity index (χ3n) is 2.43. The molecule has 16 heavy (non-hydrogen) atoms. The number of carbonyl (C=O) groups is 2. The van der Waals surface area contributed by atoms with Gasteiger partial charge < -0.3 is 15.4 Å². The Labute approximate surface area is 89.3 Å². The van der Waals surface area contributed by atoms with Gasteiger partial charge in [0.15, 0.2) is 0 Å². The quantitative estimate of drug-likeness (QED) is 0.458. The Morgan fingerprint density at radius 3 is 2.31 bits per heavy atom. The summed E-state index contributed by atoms with van der Waals surface area (Å²) in [6.45, 7) is -0.892. The van der Waals surface area contributed by atoms with E-state index in [0.29, 0.717) is 0 Å². The van der Waals surface area contributed by atoms with E-state index < -0.39 is 36.6 Å². The summed E-state index contributed by atoms with van der Waals surface area (Å²) in [6, 6.07) is -1.20. The highest BCUT2D eigenvalue weighted by Crippen LogP contribution is 2.32. The van der Waals surface area contributed by atoms with Crippen molar-refractivity contribution in [1.82, 2.24) is 4.90 Å². The van der Waals surface area contributed by atoms with Crippen molar-refractivity contribution in [2.75, 3.05) is 20.2 Å². The summed E-state index contributed by atoms with van der Waals surface area (Å²) in [5, 5.41) is 0. The van der Waals surface area contributed by atoms with Gasteiger partial charge in [-0.25, -0.2) is 4.79 Å². The van der Waals surface area contributed by atoms with Gasteiger partial charge in [0.2, 0.25) is 0 Å². The van der Waals surface area contributed by atoms with Crippen molar-refractivity contribution in [1.29, 1.82) is 0 Å². The zero-order valence-electron chi connectivity index (χ0n) is 8.45. The molecule has 0 aromatic heterocycles. The average molecular weight is 240 g/mol. The molecule has 0 saturated carbocycles. The molecule has 1 aliphatic rings. The van der Waals surface area contributed by atoms with Crippen LogP contribution in [0.25, 0.3) is 0 Å². The molecule has 0 aliphatic carbocycles. The topological polar surface area (TPSA) is 72.6 Å². The molecule has 8 heteroatoms. The first-order valence-electron chi connectivity index (χ1n) is 4.47. The second-order valence-electron chi connectivity index (χ2n) is 3.51. The van der Waals surface area contributed by atoms with Crippen LogP contribution in [0.4, 0.5) is 13.2 Å². The number of esters is 1. The largest absolute Gasteiger partial charge is 0.462 e. The SMILES string of the molecule is COC(=O)C(=O)N1C[C@@H](N)[C@H](C(F)(F)F)C1. The van der Waals surface area contributed by atoms with E-state index in [-0.39, 0.29) is 6.54 Å². The Kier molecular flexibility index (Phi) is 3.41. The molecule has 0 spiro atoms. The first kappa shape index (κ1) is 12.8. The number of nitrogens with zero attached hydrogens (tertiary/aromatic N) is 1. The van der Waals surface area contributed by atoms with Crippen LogP contribution in [0.15, 0.2) is 0 Å². The van der Waals surface area contributed by atoms with Crippen molar-refractivity contribution in [3.8, 4) is 0 Å². The molecule has 0 unspecified atom stereocenters. The lowest BCUT2D eigenvalue weighted by atomic mass is 10.1. The summed E-state index contributed by atoms with van der Waals surface area (Å²) < 4.78 is 41.3. The number of halogens is 3. The van der Waals surface area contributed by atoms with Crippen LogP contribution in [-0.4, -0.2) is 49.2 Å². The molecular weight excluding hydrogens is 229 g/mol. The fraction of sp³-hybridized carbons (Fsp3) is 0.750. The normalized spacial score (nSPS) is 25.7. The van der Waals surface area contributed by atoms with Crippen molar-refractivity contribution in [2.45, 2.75) is 12.2 Å². The minimum Gasteiger partial charge on any atom is -0.462 e. The number of amides is 1. The van der Waals surface area contributed by atoms with Crippen LogP contribution in [0.2, 0.25) is 0 Å². The summed E-state index contributed by atoms with van der Waals surface area (Å²) in [5.74, 6) is -4.07. The number of rotatable bonds is 0. The number of alkyl halides is 3. The van der Waals surface area contributed by atoms with Gasteiger partial charge in [-0.2, -0.15) is 13.2 Å².